The summed E-state index contributed by atoms with van der Waals surface area (Å²) in [5, 5.41) is 3.39. The molecule has 0 aliphatic carbocycles. The van der Waals surface area contributed by atoms with Gasteiger partial charge in [0.05, 0.1) is 10.2 Å². The van der Waals surface area contributed by atoms with Gasteiger partial charge in [0.15, 0.2) is 5.01 Å². The summed E-state index contributed by atoms with van der Waals surface area (Å²) in [5.41, 5.74) is 0.831. The zero-order valence-electron chi connectivity index (χ0n) is 11.2. The van der Waals surface area contributed by atoms with Gasteiger partial charge in [0.1, 0.15) is 5.88 Å². The van der Waals surface area contributed by atoms with Crippen LogP contribution in [0.25, 0.3) is 10.2 Å². The Balaban J connectivity index is 1.65. The Bertz CT molecular complexity index is 655. The van der Waals surface area contributed by atoms with Crippen molar-refractivity contribution in [3.05, 3.63) is 29.3 Å². The lowest BCUT2D eigenvalue weighted by Crippen LogP contribution is -2.38. The summed E-state index contributed by atoms with van der Waals surface area (Å²) in [6.45, 7) is 1.15. The third-order valence-corrected chi connectivity index (χ3v) is 4.74. The third-order valence-electron chi connectivity index (χ3n) is 3.48. The van der Waals surface area contributed by atoms with Crippen molar-refractivity contribution in [2.24, 2.45) is 0 Å². The largest absolute Gasteiger partial charge is 0.345 e. The van der Waals surface area contributed by atoms with Crippen molar-refractivity contribution in [2.75, 3.05) is 19.0 Å². The van der Waals surface area contributed by atoms with Crippen LogP contribution >= 0.6 is 22.9 Å². The lowest BCUT2D eigenvalue weighted by atomic mass is 10.2. The zero-order chi connectivity index (χ0) is 14.8. The summed E-state index contributed by atoms with van der Waals surface area (Å²) in [6.07, 6.45) is 0.749. The van der Waals surface area contributed by atoms with Crippen LogP contribution in [-0.2, 0) is 4.79 Å². The number of aromatic nitrogens is 1. The van der Waals surface area contributed by atoms with E-state index < -0.39 is 0 Å². The molecule has 5 nitrogen and oxygen atoms in total. The summed E-state index contributed by atoms with van der Waals surface area (Å²) < 4.78 is 0.994. The number of benzene rings is 1. The van der Waals surface area contributed by atoms with Gasteiger partial charge < -0.3 is 10.2 Å². The molecule has 1 saturated heterocycles. The van der Waals surface area contributed by atoms with E-state index in [4.69, 9.17) is 11.6 Å². The lowest BCUT2D eigenvalue weighted by molar-refractivity contribution is -0.127. The predicted molar refractivity (Wildman–Crippen MR) is 82.8 cm³/mol. The van der Waals surface area contributed by atoms with Gasteiger partial charge in [-0.25, -0.2) is 4.98 Å². The number of thiazole rings is 1. The number of fused-ring (bicyclic) bond motifs is 1. The monoisotopic (exact) mass is 323 g/mol. The Morgan fingerprint density at radius 1 is 1.43 bits per heavy atom. The Kier molecular flexibility index (Phi) is 4.07. The van der Waals surface area contributed by atoms with Crippen LogP contribution in [0.15, 0.2) is 24.3 Å². The Hall–Kier alpha value is -1.66. The molecule has 1 N–H and O–H groups in total. The summed E-state index contributed by atoms with van der Waals surface area (Å²) in [5.74, 6) is -0.284. The highest BCUT2D eigenvalue weighted by Crippen LogP contribution is 2.21. The summed E-state index contributed by atoms with van der Waals surface area (Å²) >= 11 is 6.92. The Morgan fingerprint density at radius 3 is 3.00 bits per heavy atom. The van der Waals surface area contributed by atoms with Gasteiger partial charge in [-0.15, -0.1) is 22.9 Å². The fourth-order valence-corrected chi connectivity index (χ4v) is 3.44. The van der Waals surface area contributed by atoms with E-state index in [1.807, 2.05) is 24.3 Å². The minimum Gasteiger partial charge on any atom is -0.345 e. The van der Waals surface area contributed by atoms with Crippen molar-refractivity contribution in [3.8, 4) is 0 Å². The van der Waals surface area contributed by atoms with E-state index in [1.54, 1.807) is 4.90 Å². The molecule has 1 aliphatic heterocycles. The van der Waals surface area contributed by atoms with E-state index in [1.165, 1.54) is 11.3 Å². The second kappa shape index (κ2) is 5.99. The molecule has 1 aromatic heterocycles. The number of carbonyl (C=O) groups is 2. The van der Waals surface area contributed by atoms with Crippen molar-refractivity contribution < 1.29 is 9.59 Å². The quantitative estimate of drug-likeness (QED) is 0.877. The Morgan fingerprint density at radius 2 is 2.24 bits per heavy atom. The molecule has 3 rings (SSSR count). The van der Waals surface area contributed by atoms with Gasteiger partial charge in [-0.2, -0.15) is 0 Å². The number of hydrogen-bond donors (Lipinski definition) is 1. The van der Waals surface area contributed by atoms with Crippen LogP contribution < -0.4 is 5.32 Å². The molecule has 2 amide bonds. The zero-order valence-corrected chi connectivity index (χ0v) is 12.8. The molecule has 0 bridgehead atoms. The van der Waals surface area contributed by atoms with E-state index in [2.05, 4.69) is 10.3 Å². The second-order valence-electron chi connectivity index (χ2n) is 4.92. The predicted octanol–water partition coefficient (Wildman–Crippen LogP) is 1.87. The summed E-state index contributed by atoms with van der Waals surface area (Å²) in [4.78, 5) is 29.7. The van der Waals surface area contributed by atoms with Crippen LogP contribution in [-0.4, -0.2) is 46.7 Å². The van der Waals surface area contributed by atoms with Crippen LogP contribution in [0.2, 0.25) is 0 Å². The van der Waals surface area contributed by atoms with Gasteiger partial charge in [0.2, 0.25) is 5.91 Å². The summed E-state index contributed by atoms with van der Waals surface area (Å²) in [6, 6.07) is 7.63. The maximum absolute atomic E-state index is 12.2. The van der Waals surface area contributed by atoms with Crippen LogP contribution in [0.1, 0.15) is 16.2 Å². The van der Waals surface area contributed by atoms with Gasteiger partial charge >= 0.3 is 0 Å². The van der Waals surface area contributed by atoms with E-state index in [0.29, 0.717) is 18.1 Å². The number of hydrogen-bond acceptors (Lipinski definition) is 4. The number of carbonyl (C=O) groups excluding carboxylic acids is 2. The van der Waals surface area contributed by atoms with Gasteiger partial charge in [-0.05, 0) is 18.6 Å². The first kappa shape index (κ1) is 14.3. The highest BCUT2D eigenvalue weighted by Gasteiger charge is 2.27. The molecule has 2 aromatic rings. The number of alkyl halides is 1. The normalized spacial score (nSPS) is 18.1. The van der Waals surface area contributed by atoms with Crippen LogP contribution in [0.4, 0.5) is 0 Å². The molecule has 0 saturated carbocycles. The molecule has 0 spiro atoms. The third kappa shape index (κ3) is 3.01. The smallest absolute Gasteiger partial charge is 0.280 e. The van der Waals surface area contributed by atoms with Gasteiger partial charge in [0.25, 0.3) is 5.91 Å². The average molecular weight is 324 g/mol. The molecule has 21 heavy (non-hydrogen) atoms. The van der Waals surface area contributed by atoms with Crippen molar-refractivity contribution in [3.63, 3.8) is 0 Å². The molecule has 1 atom stereocenters. The van der Waals surface area contributed by atoms with Crippen LogP contribution in [0, 0.1) is 0 Å². The first-order chi connectivity index (χ1) is 10.2. The number of amides is 2. The maximum atomic E-state index is 12.2. The lowest BCUT2D eigenvalue weighted by Gasteiger charge is -2.15. The van der Waals surface area contributed by atoms with Gasteiger partial charge in [-0.3, -0.25) is 9.59 Å². The fraction of sp³-hybridized carbons (Fsp3) is 0.357. The van der Waals surface area contributed by atoms with E-state index in [0.717, 1.165) is 16.6 Å². The molecule has 110 valence electrons. The highest BCUT2D eigenvalue weighted by atomic mass is 35.5. The number of likely N-dealkylation sites (tertiary alicyclic amines) is 1. The van der Waals surface area contributed by atoms with Crippen molar-refractivity contribution in [2.45, 2.75) is 12.5 Å². The number of para-hydroxylation sites is 1. The maximum Gasteiger partial charge on any atom is 0.280 e. The first-order valence-electron chi connectivity index (χ1n) is 6.67. The van der Waals surface area contributed by atoms with Gasteiger partial charge in [-0.1, -0.05) is 12.1 Å². The molecule has 1 aromatic carbocycles. The number of nitrogens with zero attached hydrogens (tertiary/aromatic N) is 2. The summed E-state index contributed by atoms with van der Waals surface area (Å²) in [7, 11) is 0. The average Bonchev–Trinajstić information content (AvgIpc) is 3.12. The van der Waals surface area contributed by atoms with Gasteiger partial charge in [0, 0.05) is 19.1 Å². The van der Waals surface area contributed by atoms with Crippen molar-refractivity contribution >= 4 is 45.0 Å². The Labute approximate surface area is 130 Å². The van der Waals surface area contributed by atoms with Crippen molar-refractivity contribution in [1.29, 1.82) is 0 Å². The molecule has 0 radical (unpaired) electrons. The van der Waals surface area contributed by atoms with E-state index in [-0.39, 0.29) is 23.7 Å². The number of nitrogens with one attached hydrogen (secondary N) is 1. The van der Waals surface area contributed by atoms with E-state index in [9.17, 15) is 9.59 Å². The number of halogens is 1. The minimum atomic E-state index is -0.179. The molecule has 1 aliphatic rings. The van der Waals surface area contributed by atoms with Crippen molar-refractivity contribution in [1.82, 2.24) is 15.2 Å². The molecular formula is C14H14ClN3O2S. The van der Waals surface area contributed by atoms with Crippen LogP contribution in [0.5, 0.6) is 0 Å². The van der Waals surface area contributed by atoms with E-state index >= 15 is 0 Å². The fourth-order valence-electron chi connectivity index (χ4n) is 2.41. The highest BCUT2D eigenvalue weighted by molar-refractivity contribution is 7.20. The molecule has 2 heterocycles. The number of rotatable bonds is 3. The molecule has 0 unspecified atom stereocenters. The first-order valence-corrected chi connectivity index (χ1v) is 8.02. The molecule has 1 fully saturated rings. The molecular weight excluding hydrogens is 310 g/mol. The standard InChI is InChI=1S/C14H14ClN3O2S/c15-7-12(19)18-6-5-9(8-18)16-13(20)14-17-10-3-1-2-4-11(10)21-14/h1-4,9H,5-8H2,(H,16,20)/t9-/m0/s1. The second-order valence-corrected chi connectivity index (χ2v) is 6.22. The SMILES string of the molecule is O=C(N[C@H]1CCN(C(=O)CCl)C1)c1nc2ccccc2s1. The van der Waals surface area contributed by atoms with Crippen LogP contribution in [0.3, 0.4) is 0 Å². The molecule has 7 heteroatoms. The minimum absolute atomic E-state index is 0.0153. The topological polar surface area (TPSA) is 62.3 Å².